The number of ether oxygens (including phenoxy) is 2. The molecule has 0 saturated heterocycles. The van der Waals surface area contributed by atoms with Crippen LogP contribution in [0, 0.1) is 0 Å². The SMILES string of the molecule is COc1ccc(CCNCCCC2(C)CCc3cc(O)ccc3O2)cc1. The van der Waals surface area contributed by atoms with Crippen LogP contribution in [-0.4, -0.2) is 30.9 Å². The summed E-state index contributed by atoms with van der Waals surface area (Å²) in [6, 6.07) is 13.7. The van der Waals surface area contributed by atoms with Crippen LogP contribution in [-0.2, 0) is 12.8 Å². The topological polar surface area (TPSA) is 50.7 Å². The quantitative estimate of drug-likeness (QED) is 0.700. The molecule has 0 aromatic heterocycles. The Balaban J connectivity index is 1.36. The van der Waals surface area contributed by atoms with Crippen LogP contribution in [0.2, 0.25) is 0 Å². The molecule has 0 spiro atoms. The van der Waals surface area contributed by atoms with Gasteiger partial charge in [0.25, 0.3) is 0 Å². The number of hydrogen-bond donors (Lipinski definition) is 2. The van der Waals surface area contributed by atoms with Crippen LogP contribution >= 0.6 is 0 Å². The molecule has 1 unspecified atom stereocenters. The zero-order valence-electron chi connectivity index (χ0n) is 15.8. The van der Waals surface area contributed by atoms with Gasteiger partial charge in [0.15, 0.2) is 0 Å². The number of aromatic hydroxyl groups is 1. The summed E-state index contributed by atoms with van der Waals surface area (Å²) in [6.07, 6.45) is 5.10. The molecule has 2 aromatic carbocycles. The minimum Gasteiger partial charge on any atom is -0.508 e. The van der Waals surface area contributed by atoms with E-state index < -0.39 is 0 Å². The van der Waals surface area contributed by atoms with Gasteiger partial charge < -0.3 is 19.9 Å². The van der Waals surface area contributed by atoms with E-state index in [-0.39, 0.29) is 5.60 Å². The maximum Gasteiger partial charge on any atom is 0.123 e. The van der Waals surface area contributed by atoms with Gasteiger partial charge in [0.05, 0.1) is 7.11 Å². The monoisotopic (exact) mass is 355 g/mol. The summed E-state index contributed by atoms with van der Waals surface area (Å²) in [5.74, 6) is 2.14. The first-order valence-electron chi connectivity index (χ1n) is 9.42. The maximum atomic E-state index is 9.58. The van der Waals surface area contributed by atoms with Crippen LogP contribution in [0.1, 0.15) is 37.3 Å². The van der Waals surface area contributed by atoms with Gasteiger partial charge in [0, 0.05) is 0 Å². The van der Waals surface area contributed by atoms with Gasteiger partial charge in [-0.15, -0.1) is 0 Å². The number of aryl methyl sites for hydroxylation is 1. The van der Waals surface area contributed by atoms with Gasteiger partial charge in [-0.1, -0.05) is 12.1 Å². The molecule has 4 nitrogen and oxygen atoms in total. The number of hydrogen-bond acceptors (Lipinski definition) is 4. The average Bonchev–Trinajstić information content (AvgIpc) is 2.65. The van der Waals surface area contributed by atoms with Crippen molar-refractivity contribution in [2.75, 3.05) is 20.2 Å². The summed E-state index contributed by atoms with van der Waals surface area (Å²) in [4.78, 5) is 0. The third kappa shape index (κ3) is 4.92. The molecule has 1 aliphatic heterocycles. The summed E-state index contributed by atoms with van der Waals surface area (Å²) in [6.45, 7) is 4.17. The first kappa shape index (κ1) is 18.6. The summed E-state index contributed by atoms with van der Waals surface area (Å²) < 4.78 is 11.4. The number of fused-ring (bicyclic) bond motifs is 1. The van der Waals surface area contributed by atoms with Crippen LogP contribution in [0.15, 0.2) is 42.5 Å². The molecule has 26 heavy (non-hydrogen) atoms. The molecule has 0 amide bonds. The molecule has 0 radical (unpaired) electrons. The Labute approximate surface area is 156 Å². The highest BCUT2D eigenvalue weighted by atomic mass is 16.5. The predicted octanol–water partition coefficient (Wildman–Crippen LogP) is 4.10. The summed E-state index contributed by atoms with van der Waals surface area (Å²) in [5.41, 5.74) is 2.32. The van der Waals surface area contributed by atoms with E-state index in [2.05, 4.69) is 24.4 Å². The Kier molecular flexibility index (Phi) is 6.04. The van der Waals surface area contributed by atoms with Gasteiger partial charge in [0.2, 0.25) is 0 Å². The van der Waals surface area contributed by atoms with Crippen molar-refractivity contribution in [1.29, 1.82) is 0 Å². The van der Waals surface area contributed by atoms with Gasteiger partial charge >= 0.3 is 0 Å². The molecule has 1 aliphatic rings. The molecule has 0 fully saturated rings. The summed E-state index contributed by atoms with van der Waals surface area (Å²) >= 11 is 0. The van der Waals surface area contributed by atoms with E-state index in [1.807, 2.05) is 24.3 Å². The molecular formula is C22H29NO3. The molecule has 4 heteroatoms. The van der Waals surface area contributed by atoms with Crippen molar-refractivity contribution < 1.29 is 14.6 Å². The number of phenols is 1. The van der Waals surface area contributed by atoms with Gasteiger partial charge in [-0.05, 0) is 93.6 Å². The van der Waals surface area contributed by atoms with Gasteiger partial charge in [-0.3, -0.25) is 0 Å². The standard InChI is InChI=1S/C22H29NO3/c1-22(13-10-18-16-19(24)6-9-21(18)26-22)12-3-14-23-15-11-17-4-7-20(25-2)8-5-17/h4-9,16,23-24H,3,10-15H2,1-2H3. The molecule has 2 N–H and O–H groups in total. The number of rotatable bonds is 8. The minimum atomic E-state index is -0.109. The number of nitrogens with one attached hydrogen (secondary N) is 1. The van der Waals surface area contributed by atoms with E-state index in [4.69, 9.17) is 9.47 Å². The Morgan fingerprint density at radius 3 is 2.73 bits per heavy atom. The Bertz CT molecular complexity index is 714. The molecule has 0 bridgehead atoms. The molecule has 2 aromatic rings. The van der Waals surface area contributed by atoms with Crippen LogP contribution in [0.4, 0.5) is 0 Å². The Morgan fingerprint density at radius 2 is 1.96 bits per heavy atom. The first-order chi connectivity index (χ1) is 12.6. The zero-order chi connectivity index (χ0) is 18.4. The van der Waals surface area contributed by atoms with Gasteiger partial charge in [-0.25, -0.2) is 0 Å². The molecule has 0 saturated carbocycles. The van der Waals surface area contributed by atoms with E-state index in [1.54, 1.807) is 13.2 Å². The summed E-state index contributed by atoms with van der Waals surface area (Å²) in [5, 5.41) is 13.1. The highest BCUT2D eigenvalue weighted by Gasteiger charge is 2.31. The lowest BCUT2D eigenvalue weighted by molar-refractivity contribution is 0.0541. The molecule has 1 atom stereocenters. The molecular weight excluding hydrogens is 326 g/mol. The van der Waals surface area contributed by atoms with E-state index in [0.717, 1.165) is 62.3 Å². The Morgan fingerprint density at radius 1 is 1.15 bits per heavy atom. The van der Waals surface area contributed by atoms with E-state index in [1.165, 1.54) is 5.56 Å². The number of benzene rings is 2. The highest BCUT2D eigenvalue weighted by Crippen LogP contribution is 2.37. The van der Waals surface area contributed by atoms with Crippen LogP contribution in [0.5, 0.6) is 17.2 Å². The third-order valence-electron chi connectivity index (χ3n) is 5.13. The van der Waals surface area contributed by atoms with E-state index in [0.29, 0.717) is 5.75 Å². The van der Waals surface area contributed by atoms with Crippen LogP contribution in [0.25, 0.3) is 0 Å². The molecule has 140 valence electrons. The van der Waals surface area contributed by atoms with Crippen molar-refractivity contribution >= 4 is 0 Å². The summed E-state index contributed by atoms with van der Waals surface area (Å²) in [7, 11) is 1.69. The highest BCUT2D eigenvalue weighted by molar-refractivity contribution is 5.41. The van der Waals surface area contributed by atoms with Crippen LogP contribution < -0.4 is 14.8 Å². The zero-order valence-corrected chi connectivity index (χ0v) is 15.8. The lowest BCUT2D eigenvalue weighted by atomic mass is 9.89. The lowest BCUT2D eigenvalue weighted by Gasteiger charge is -2.36. The Hall–Kier alpha value is -2.20. The van der Waals surface area contributed by atoms with Crippen molar-refractivity contribution in [2.24, 2.45) is 0 Å². The largest absolute Gasteiger partial charge is 0.508 e. The molecule has 3 rings (SSSR count). The molecule has 1 heterocycles. The van der Waals surface area contributed by atoms with Gasteiger partial charge in [0.1, 0.15) is 22.8 Å². The lowest BCUT2D eigenvalue weighted by Crippen LogP contribution is -2.37. The second kappa shape index (κ2) is 8.45. The van der Waals surface area contributed by atoms with Crippen molar-refractivity contribution in [1.82, 2.24) is 5.32 Å². The van der Waals surface area contributed by atoms with E-state index in [9.17, 15) is 5.11 Å². The fourth-order valence-electron chi connectivity index (χ4n) is 3.49. The van der Waals surface area contributed by atoms with Crippen molar-refractivity contribution in [2.45, 2.75) is 44.6 Å². The third-order valence-corrected chi connectivity index (χ3v) is 5.13. The van der Waals surface area contributed by atoms with Crippen molar-refractivity contribution in [3.8, 4) is 17.2 Å². The normalized spacial score (nSPS) is 18.8. The number of phenolic OH excluding ortho intramolecular Hbond substituents is 1. The number of methoxy groups -OCH3 is 1. The van der Waals surface area contributed by atoms with Crippen molar-refractivity contribution in [3.05, 3.63) is 53.6 Å². The van der Waals surface area contributed by atoms with Gasteiger partial charge in [-0.2, -0.15) is 0 Å². The van der Waals surface area contributed by atoms with E-state index >= 15 is 0 Å². The maximum absolute atomic E-state index is 9.58. The molecule has 0 aliphatic carbocycles. The second-order valence-electron chi connectivity index (χ2n) is 7.30. The fraction of sp³-hybridized carbons (Fsp3) is 0.455. The fourth-order valence-corrected chi connectivity index (χ4v) is 3.49. The van der Waals surface area contributed by atoms with Crippen molar-refractivity contribution in [3.63, 3.8) is 0 Å². The first-order valence-corrected chi connectivity index (χ1v) is 9.42. The minimum absolute atomic E-state index is 0.109. The smallest absolute Gasteiger partial charge is 0.123 e. The predicted molar refractivity (Wildman–Crippen MR) is 104 cm³/mol. The van der Waals surface area contributed by atoms with Crippen LogP contribution in [0.3, 0.4) is 0 Å². The average molecular weight is 355 g/mol. The second-order valence-corrected chi connectivity index (χ2v) is 7.30.